The summed E-state index contributed by atoms with van der Waals surface area (Å²) in [7, 11) is 1.55. The first-order valence-corrected chi connectivity index (χ1v) is 12.3. The number of nitrogens with zero attached hydrogens (tertiary/aromatic N) is 2. The van der Waals surface area contributed by atoms with E-state index in [9.17, 15) is 14.4 Å². The molecule has 1 amide bonds. The molecule has 0 spiro atoms. The van der Waals surface area contributed by atoms with Crippen LogP contribution in [0.1, 0.15) is 6.42 Å². The van der Waals surface area contributed by atoms with E-state index in [1.807, 2.05) is 60.7 Å². The normalized spacial score (nSPS) is 12.1. The molecule has 1 aliphatic rings. The van der Waals surface area contributed by atoms with E-state index in [4.69, 9.17) is 4.74 Å². The van der Waals surface area contributed by atoms with E-state index in [1.165, 1.54) is 6.07 Å². The van der Waals surface area contributed by atoms with E-state index >= 15 is 0 Å². The largest absolute Gasteiger partial charge is 0.496 e. The number of ether oxygens (including phenoxy) is 1. The molecule has 0 radical (unpaired) electrons. The van der Waals surface area contributed by atoms with Crippen molar-refractivity contribution in [2.45, 2.75) is 22.8 Å². The Labute approximate surface area is 204 Å². The molecule has 0 fully saturated rings. The molecule has 4 aromatic rings. The quantitative estimate of drug-likeness (QED) is 0.388. The van der Waals surface area contributed by atoms with Crippen molar-refractivity contribution in [1.29, 1.82) is 0 Å². The van der Waals surface area contributed by atoms with Gasteiger partial charge in [-0.15, -0.1) is 0 Å². The van der Waals surface area contributed by atoms with Gasteiger partial charge in [0.05, 0.1) is 18.5 Å². The van der Waals surface area contributed by atoms with Crippen molar-refractivity contribution in [3.63, 3.8) is 0 Å². The standard InChI is InChI=1S/C26H20N2O4S2/c1-32-20-11-5-2-8-17(20)23-16-25(30)27(26(31)34-23)15-14-24(29)28-18-9-3-6-12-21(18)33-22-13-7-4-10-19(22)28/h2-13,16H,14-15H2,1H3. The Bertz CT molecular complexity index is 1430. The first kappa shape index (κ1) is 22.2. The van der Waals surface area contributed by atoms with Crippen molar-refractivity contribution in [1.82, 2.24) is 4.57 Å². The van der Waals surface area contributed by atoms with Gasteiger partial charge in [-0.2, -0.15) is 0 Å². The molecule has 0 saturated carbocycles. The van der Waals surface area contributed by atoms with Gasteiger partial charge in [-0.1, -0.05) is 59.5 Å². The minimum atomic E-state index is -0.438. The number of carbonyl (C=O) groups excluding carboxylic acids is 1. The van der Waals surface area contributed by atoms with Crippen molar-refractivity contribution in [2.75, 3.05) is 12.0 Å². The highest BCUT2D eigenvalue weighted by molar-refractivity contribution is 7.99. The summed E-state index contributed by atoms with van der Waals surface area (Å²) in [5, 5.41) is 0. The molecule has 1 aliphatic heterocycles. The Morgan fingerprint density at radius 2 is 1.50 bits per heavy atom. The lowest BCUT2D eigenvalue weighted by molar-refractivity contribution is -0.118. The Morgan fingerprint density at radius 3 is 2.15 bits per heavy atom. The number of para-hydroxylation sites is 3. The fourth-order valence-electron chi connectivity index (χ4n) is 3.93. The van der Waals surface area contributed by atoms with Crippen LogP contribution in [0.2, 0.25) is 0 Å². The SMILES string of the molecule is COc1ccccc1-c1cc(=O)n(CCC(=O)N2c3ccccc3Sc3ccccc32)c(=O)s1. The minimum Gasteiger partial charge on any atom is -0.496 e. The molecule has 1 aromatic heterocycles. The van der Waals surface area contributed by atoms with Crippen LogP contribution < -0.4 is 20.1 Å². The van der Waals surface area contributed by atoms with Gasteiger partial charge >= 0.3 is 4.87 Å². The fraction of sp³-hybridized carbons (Fsp3) is 0.115. The van der Waals surface area contributed by atoms with Crippen LogP contribution in [-0.2, 0) is 11.3 Å². The van der Waals surface area contributed by atoms with Gasteiger partial charge in [0.1, 0.15) is 5.75 Å². The van der Waals surface area contributed by atoms with Crippen LogP contribution in [0.4, 0.5) is 11.4 Å². The van der Waals surface area contributed by atoms with Crippen LogP contribution in [0.15, 0.2) is 98.2 Å². The maximum absolute atomic E-state index is 13.4. The summed E-state index contributed by atoms with van der Waals surface area (Å²) in [4.78, 5) is 42.8. The van der Waals surface area contributed by atoms with Crippen molar-refractivity contribution in [3.8, 4) is 16.2 Å². The maximum Gasteiger partial charge on any atom is 0.310 e. The van der Waals surface area contributed by atoms with Crippen molar-refractivity contribution in [3.05, 3.63) is 98.9 Å². The summed E-state index contributed by atoms with van der Waals surface area (Å²) < 4.78 is 6.48. The van der Waals surface area contributed by atoms with E-state index in [0.29, 0.717) is 16.2 Å². The second kappa shape index (κ2) is 9.32. The third-order valence-electron chi connectivity index (χ3n) is 5.54. The van der Waals surface area contributed by atoms with Crippen LogP contribution in [0.5, 0.6) is 5.75 Å². The zero-order valence-electron chi connectivity index (χ0n) is 18.3. The number of benzene rings is 3. The molecule has 6 nitrogen and oxygen atoms in total. The summed E-state index contributed by atoms with van der Waals surface area (Å²) in [6.07, 6.45) is 0.0171. The number of hydrogen-bond donors (Lipinski definition) is 0. The molecule has 0 bridgehead atoms. The van der Waals surface area contributed by atoms with Gasteiger partial charge in [0.2, 0.25) is 5.91 Å². The second-order valence-electron chi connectivity index (χ2n) is 7.58. The van der Waals surface area contributed by atoms with Crippen molar-refractivity contribution >= 4 is 40.4 Å². The summed E-state index contributed by atoms with van der Waals surface area (Å²) in [5.74, 6) is 0.413. The lowest BCUT2D eigenvalue weighted by Gasteiger charge is -2.31. The molecule has 0 unspecified atom stereocenters. The van der Waals surface area contributed by atoms with E-state index in [2.05, 4.69) is 0 Å². The molecule has 0 aliphatic carbocycles. The third-order valence-corrected chi connectivity index (χ3v) is 7.62. The monoisotopic (exact) mass is 488 g/mol. The number of carbonyl (C=O) groups is 1. The smallest absolute Gasteiger partial charge is 0.310 e. The number of hydrogen-bond acceptors (Lipinski definition) is 6. The molecule has 170 valence electrons. The number of fused-ring (bicyclic) bond motifs is 2. The highest BCUT2D eigenvalue weighted by Gasteiger charge is 2.27. The molecular formula is C26H20N2O4S2. The minimum absolute atomic E-state index is 0.00712. The van der Waals surface area contributed by atoms with E-state index in [-0.39, 0.29) is 18.9 Å². The maximum atomic E-state index is 13.4. The zero-order valence-corrected chi connectivity index (χ0v) is 19.9. The number of aromatic nitrogens is 1. The topological polar surface area (TPSA) is 68.6 Å². The lowest BCUT2D eigenvalue weighted by Crippen LogP contribution is -2.34. The molecule has 8 heteroatoms. The Hall–Kier alpha value is -3.62. The van der Waals surface area contributed by atoms with Gasteiger partial charge in [-0.05, 0) is 36.4 Å². The van der Waals surface area contributed by atoms with E-state index < -0.39 is 10.4 Å². The summed E-state index contributed by atoms with van der Waals surface area (Å²) in [5.41, 5.74) is 1.86. The predicted octanol–water partition coefficient (Wildman–Crippen LogP) is 5.17. The van der Waals surface area contributed by atoms with Crippen molar-refractivity contribution < 1.29 is 9.53 Å². The average molecular weight is 489 g/mol. The average Bonchev–Trinajstić information content (AvgIpc) is 2.86. The molecule has 0 N–H and O–H groups in total. The fourth-order valence-corrected chi connectivity index (χ4v) is 5.91. The molecule has 0 saturated heterocycles. The summed E-state index contributed by atoms with van der Waals surface area (Å²) in [6.45, 7) is 0.00712. The lowest BCUT2D eigenvalue weighted by atomic mass is 10.1. The van der Waals surface area contributed by atoms with Crippen molar-refractivity contribution in [2.24, 2.45) is 0 Å². The summed E-state index contributed by atoms with van der Waals surface area (Å²) in [6, 6.07) is 24.1. The number of rotatable bonds is 5. The molecule has 5 rings (SSSR count). The third kappa shape index (κ3) is 4.06. The van der Waals surface area contributed by atoms with Gasteiger partial charge in [0.15, 0.2) is 0 Å². The molecular weight excluding hydrogens is 468 g/mol. The Morgan fingerprint density at radius 1 is 0.882 bits per heavy atom. The predicted molar refractivity (Wildman–Crippen MR) is 136 cm³/mol. The van der Waals surface area contributed by atoms with E-state index in [0.717, 1.165) is 37.1 Å². The molecule has 34 heavy (non-hydrogen) atoms. The van der Waals surface area contributed by atoms with Gasteiger partial charge < -0.3 is 4.74 Å². The van der Waals surface area contributed by atoms with Crippen LogP contribution >= 0.6 is 23.1 Å². The van der Waals surface area contributed by atoms with Gasteiger partial charge in [-0.25, -0.2) is 0 Å². The second-order valence-corrected chi connectivity index (χ2v) is 9.66. The molecule has 3 aromatic carbocycles. The van der Waals surface area contributed by atoms with Crippen LogP contribution in [0.3, 0.4) is 0 Å². The van der Waals surface area contributed by atoms with E-state index in [1.54, 1.807) is 35.9 Å². The van der Waals surface area contributed by atoms with Gasteiger partial charge in [0, 0.05) is 39.3 Å². The first-order valence-electron chi connectivity index (χ1n) is 10.6. The van der Waals surface area contributed by atoms with Crippen LogP contribution in [0, 0.1) is 0 Å². The number of methoxy groups -OCH3 is 1. The Balaban J connectivity index is 1.43. The van der Waals surface area contributed by atoms with Crippen LogP contribution in [-0.4, -0.2) is 17.6 Å². The molecule has 0 atom stereocenters. The van der Waals surface area contributed by atoms with Gasteiger partial charge in [-0.3, -0.25) is 23.9 Å². The number of amides is 1. The highest BCUT2D eigenvalue weighted by atomic mass is 32.2. The summed E-state index contributed by atoms with van der Waals surface area (Å²) >= 11 is 2.58. The zero-order chi connectivity index (χ0) is 23.7. The first-order chi connectivity index (χ1) is 16.6. The molecule has 2 heterocycles. The highest BCUT2D eigenvalue weighted by Crippen LogP contribution is 2.48. The van der Waals surface area contributed by atoms with Gasteiger partial charge in [0.25, 0.3) is 5.56 Å². The number of anilines is 2. The van der Waals surface area contributed by atoms with Crippen LogP contribution in [0.25, 0.3) is 10.4 Å². The Kier molecular flexibility index (Phi) is 6.08.